The quantitative estimate of drug-likeness (QED) is 0.244. The summed E-state index contributed by atoms with van der Waals surface area (Å²) in [6.07, 6.45) is 4.28. The third-order valence-corrected chi connectivity index (χ3v) is 6.01. The van der Waals surface area contributed by atoms with Crippen LogP contribution in [0.15, 0.2) is 25.2 Å². The third-order valence-electron chi connectivity index (χ3n) is 6.01. The number of alkyl carbamates (subject to hydrolysis) is 1. The molecule has 212 valence electrons. The Bertz CT molecular complexity index is 1300. The fourth-order valence-corrected chi connectivity index (χ4v) is 4.21. The lowest BCUT2D eigenvalue weighted by molar-refractivity contribution is 0.0526. The van der Waals surface area contributed by atoms with Gasteiger partial charge in [-0.15, -0.1) is 11.7 Å². The lowest BCUT2D eigenvalue weighted by atomic mass is 10.2. The number of nitrogens with zero attached hydrogens (tertiary/aromatic N) is 7. The zero-order valence-electron chi connectivity index (χ0n) is 23.1. The van der Waals surface area contributed by atoms with Crippen LogP contribution in [0.4, 0.5) is 26.6 Å². The van der Waals surface area contributed by atoms with Crippen LogP contribution >= 0.6 is 0 Å². The molecular weight excluding hydrogens is 507 g/mol. The maximum atomic E-state index is 14.7. The van der Waals surface area contributed by atoms with Crippen LogP contribution in [-0.4, -0.2) is 86.5 Å². The second kappa shape index (κ2) is 11.8. The van der Waals surface area contributed by atoms with Crippen LogP contribution in [0.25, 0.3) is 11.2 Å². The minimum Gasteiger partial charge on any atom is -0.478 e. The number of anilines is 3. The molecule has 1 fully saturated rings. The summed E-state index contributed by atoms with van der Waals surface area (Å²) >= 11 is 0. The predicted octanol–water partition coefficient (Wildman–Crippen LogP) is 2.53. The monoisotopic (exact) mass is 544 g/mol. The van der Waals surface area contributed by atoms with Crippen LogP contribution in [0, 0.1) is 0 Å². The molecule has 1 aliphatic heterocycles. The van der Waals surface area contributed by atoms with Gasteiger partial charge in [0, 0.05) is 33.2 Å². The van der Waals surface area contributed by atoms with Crippen molar-refractivity contribution in [2.24, 2.45) is 7.05 Å². The average Bonchev–Trinajstić information content (AvgIpc) is 3.56. The largest absolute Gasteiger partial charge is 0.478 e. The molecule has 0 aliphatic carbocycles. The molecule has 39 heavy (non-hydrogen) atoms. The van der Waals surface area contributed by atoms with Gasteiger partial charge in [0.15, 0.2) is 17.0 Å². The smallest absolute Gasteiger partial charge is 0.407 e. The number of alkyl halides is 1. The van der Waals surface area contributed by atoms with Crippen LogP contribution < -0.4 is 25.6 Å². The zero-order valence-corrected chi connectivity index (χ0v) is 23.1. The highest BCUT2D eigenvalue weighted by atomic mass is 19.1. The number of nitrogens with one attached hydrogen (secondary N) is 3. The minimum atomic E-state index is -1.06. The number of rotatable bonds is 11. The Morgan fingerprint density at radius 3 is 2.82 bits per heavy atom. The molecule has 3 aromatic rings. The molecule has 4 heterocycles. The van der Waals surface area contributed by atoms with Crippen LogP contribution in [0.2, 0.25) is 0 Å². The van der Waals surface area contributed by atoms with E-state index in [1.165, 1.54) is 7.11 Å². The Labute approximate surface area is 226 Å². The minimum absolute atomic E-state index is 0.177. The summed E-state index contributed by atoms with van der Waals surface area (Å²) < 4.78 is 28.9. The van der Waals surface area contributed by atoms with Gasteiger partial charge in [-0.05, 0) is 27.2 Å². The van der Waals surface area contributed by atoms with Crippen LogP contribution in [0.5, 0.6) is 5.88 Å². The van der Waals surface area contributed by atoms with E-state index in [2.05, 4.69) is 37.6 Å². The van der Waals surface area contributed by atoms with Gasteiger partial charge in [-0.1, -0.05) is 6.08 Å². The van der Waals surface area contributed by atoms with Crippen LogP contribution in [0.3, 0.4) is 0 Å². The van der Waals surface area contributed by atoms with Gasteiger partial charge >= 0.3 is 6.09 Å². The van der Waals surface area contributed by atoms with E-state index < -0.39 is 17.9 Å². The highest BCUT2D eigenvalue weighted by Crippen LogP contribution is 2.31. The number of fused-ring (bicyclic) bond motifs is 1. The maximum absolute atomic E-state index is 14.7. The molecule has 14 heteroatoms. The second-order valence-electron chi connectivity index (χ2n) is 10.3. The number of carbonyl (C=O) groups is 1. The first-order valence-corrected chi connectivity index (χ1v) is 12.9. The van der Waals surface area contributed by atoms with Crippen molar-refractivity contribution >= 4 is 34.7 Å². The number of aromatic nitrogens is 6. The first-order chi connectivity index (χ1) is 18.6. The van der Waals surface area contributed by atoms with Gasteiger partial charge in [0.05, 0.1) is 32.2 Å². The Morgan fingerprint density at radius 2 is 2.10 bits per heavy atom. The SMILES string of the molecule is C=CCN[C@@H]1CN(c2nc(Nc3cn(CCCNC(=O)OC(C)(C)C)nc3OC)c3ncn(C)c3n2)C[C@H]1F. The third kappa shape index (κ3) is 6.93. The van der Waals surface area contributed by atoms with Gasteiger partial charge in [-0.2, -0.15) is 9.97 Å². The summed E-state index contributed by atoms with van der Waals surface area (Å²) in [5.41, 5.74) is 1.21. The molecule has 13 nitrogen and oxygen atoms in total. The average molecular weight is 545 g/mol. The normalized spacial score (nSPS) is 17.4. The van der Waals surface area contributed by atoms with E-state index in [1.807, 2.05) is 32.7 Å². The number of amides is 1. The summed E-state index contributed by atoms with van der Waals surface area (Å²) in [6, 6.07) is -0.339. The molecule has 0 spiro atoms. The van der Waals surface area contributed by atoms with Crippen molar-refractivity contribution in [1.29, 1.82) is 0 Å². The summed E-state index contributed by atoms with van der Waals surface area (Å²) in [7, 11) is 3.38. The molecule has 0 radical (unpaired) electrons. The number of carbonyl (C=O) groups excluding carboxylic acids is 1. The molecule has 1 saturated heterocycles. The lowest BCUT2D eigenvalue weighted by Crippen LogP contribution is -2.37. The van der Waals surface area contributed by atoms with Crippen molar-refractivity contribution in [1.82, 2.24) is 39.9 Å². The molecule has 4 rings (SSSR count). The molecular formula is C25H37FN10O3. The molecule has 0 saturated carbocycles. The first-order valence-electron chi connectivity index (χ1n) is 12.9. The van der Waals surface area contributed by atoms with Crippen LogP contribution in [0.1, 0.15) is 27.2 Å². The summed E-state index contributed by atoms with van der Waals surface area (Å²) in [5, 5.41) is 13.7. The van der Waals surface area contributed by atoms with Gasteiger partial charge in [-0.3, -0.25) is 4.68 Å². The topological polar surface area (TPSA) is 136 Å². The van der Waals surface area contributed by atoms with Crippen LogP contribution in [-0.2, 0) is 18.3 Å². The number of ether oxygens (including phenoxy) is 2. The van der Waals surface area contributed by atoms with Crippen molar-refractivity contribution in [2.45, 2.75) is 51.6 Å². The Morgan fingerprint density at radius 1 is 1.31 bits per heavy atom. The summed E-state index contributed by atoms with van der Waals surface area (Å²) in [4.78, 5) is 27.5. The number of methoxy groups -OCH3 is 1. The Balaban J connectivity index is 1.48. The van der Waals surface area contributed by atoms with E-state index in [9.17, 15) is 9.18 Å². The van der Waals surface area contributed by atoms with Crippen molar-refractivity contribution < 1.29 is 18.7 Å². The van der Waals surface area contributed by atoms with Gasteiger partial charge < -0.3 is 34.9 Å². The molecule has 0 aromatic carbocycles. The second-order valence-corrected chi connectivity index (χ2v) is 10.3. The first kappa shape index (κ1) is 28.1. The van der Waals surface area contributed by atoms with Gasteiger partial charge in [-0.25, -0.2) is 14.2 Å². The van der Waals surface area contributed by atoms with E-state index in [0.29, 0.717) is 67.1 Å². The zero-order chi connectivity index (χ0) is 28.2. The molecule has 1 amide bonds. The number of halogens is 1. The number of hydrogen-bond donors (Lipinski definition) is 3. The van der Waals surface area contributed by atoms with Crippen molar-refractivity contribution in [2.75, 3.05) is 43.5 Å². The van der Waals surface area contributed by atoms with E-state index in [0.717, 1.165) is 0 Å². The fourth-order valence-electron chi connectivity index (χ4n) is 4.21. The number of hydrogen-bond acceptors (Lipinski definition) is 10. The molecule has 3 aromatic heterocycles. The van der Waals surface area contributed by atoms with E-state index in [-0.39, 0.29) is 12.6 Å². The number of imidazole rings is 1. The van der Waals surface area contributed by atoms with E-state index in [1.54, 1.807) is 27.8 Å². The summed E-state index contributed by atoms with van der Waals surface area (Å²) in [5.74, 6) is 1.23. The maximum Gasteiger partial charge on any atom is 0.407 e. The van der Waals surface area contributed by atoms with E-state index >= 15 is 0 Å². The molecule has 3 N–H and O–H groups in total. The van der Waals surface area contributed by atoms with E-state index in [4.69, 9.17) is 14.5 Å². The number of aryl methyl sites for hydroxylation is 2. The molecule has 0 unspecified atom stereocenters. The van der Waals surface area contributed by atoms with Gasteiger partial charge in [0.1, 0.15) is 17.5 Å². The highest BCUT2D eigenvalue weighted by Gasteiger charge is 2.34. The molecule has 1 aliphatic rings. The standard InChI is InChI=1S/C25H37FN10O3/c1-7-9-27-17-13-35(12-16(17)26)23-31-20(19-21(32-23)34(5)15-29-19)30-18-14-36(33-22(18)38-6)11-8-10-28-24(37)39-25(2,3)4/h7,14-17,27H,1,8-13H2,2-6H3,(H,28,37)(H,30,31,32)/t16-,17-/m1/s1. The Hall–Kier alpha value is -3.94. The predicted molar refractivity (Wildman–Crippen MR) is 146 cm³/mol. The van der Waals surface area contributed by atoms with Crippen molar-refractivity contribution in [3.8, 4) is 5.88 Å². The molecule has 2 atom stereocenters. The van der Waals surface area contributed by atoms with Crippen molar-refractivity contribution in [3.63, 3.8) is 0 Å². The summed E-state index contributed by atoms with van der Waals surface area (Å²) in [6.45, 7) is 11.2. The lowest BCUT2D eigenvalue weighted by Gasteiger charge is -2.19. The highest BCUT2D eigenvalue weighted by molar-refractivity contribution is 5.87. The van der Waals surface area contributed by atoms with Gasteiger partial charge in [0.2, 0.25) is 5.95 Å². The molecule has 0 bridgehead atoms. The van der Waals surface area contributed by atoms with Crippen molar-refractivity contribution in [3.05, 3.63) is 25.2 Å². The fraction of sp³-hybridized carbons (Fsp3) is 0.560. The van der Waals surface area contributed by atoms with Gasteiger partial charge in [0.25, 0.3) is 5.88 Å². The Kier molecular flexibility index (Phi) is 8.53.